The van der Waals surface area contributed by atoms with Crippen LogP contribution in [-0.2, 0) is 9.53 Å². The maximum absolute atomic E-state index is 13.2. The molecule has 22 heavy (non-hydrogen) atoms. The minimum absolute atomic E-state index is 0.0560. The van der Waals surface area contributed by atoms with E-state index in [4.69, 9.17) is 4.74 Å². The molecule has 4 bridgehead atoms. The molecule has 3 nitrogen and oxygen atoms in total. The molecule has 1 atom stereocenters. The van der Waals surface area contributed by atoms with Crippen molar-refractivity contribution >= 4 is 5.78 Å². The Bertz CT molecular complexity index is 435. The van der Waals surface area contributed by atoms with Crippen LogP contribution in [-0.4, -0.2) is 42.0 Å². The topological polar surface area (TPSA) is 29.5 Å². The van der Waals surface area contributed by atoms with E-state index in [9.17, 15) is 4.79 Å². The van der Waals surface area contributed by atoms with Crippen molar-refractivity contribution in [1.82, 2.24) is 4.90 Å². The molecular weight excluding hydrogens is 274 g/mol. The Kier molecular flexibility index (Phi) is 3.47. The van der Waals surface area contributed by atoms with Gasteiger partial charge in [0.25, 0.3) is 0 Å². The highest BCUT2D eigenvalue weighted by atomic mass is 16.5. The first-order chi connectivity index (χ1) is 10.3. The van der Waals surface area contributed by atoms with Gasteiger partial charge in [-0.3, -0.25) is 9.69 Å². The highest BCUT2D eigenvalue weighted by Gasteiger charge is 2.54. The van der Waals surface area contributed by atoms with Gasteiger partial charge in [0.1, 0.15) is 0 Å². The van der Waals surface area contributed by atoms with E-state index in [2.05, 4.69) is 25.7 Å². The van der Waals surface area contributed by atoms with Crippen LogP contribution in [0.2, 0.25) is 0 Å². The molecule has 1 aliphatic heterocycles. The highest BCUT2D eigenvalue weighted by Crippen LogP contribution is 2.60. The lowest BCUT2D eigenvalue weighted by atomic mass is 9.48. The quantitative estimate of drug-likeness (QED) is 0.801. The van der Waals surface area contributed by atoms with Gasteiger partial charge in [0, 0.05) is 18.5 Å². The average molecular weight is 305 g/mol. The Morgan fingerprint density at radius 3 is 2.14 bits per heavy atom. The van der Waals surface area contributed by atoms with E-state index in [0.717, 1.165) is 30.8 Å². The zero-order valence-corrected chi connectivity index (χ0v) is 14.4. The van der Waals surface area contributed by atoms with Crippen LogP contribution < -0.4 is 0 Å². The Hall–Kier alpha value is -0.410. The molecular formula is C19H31NO2. The maximum Gasteiger partial charge on any atom is 0.152 e. The van der Waals surface area contributed by atoms with Gasteiger partial charge in [0.05, 0.1) is 18.2 Å². The van der Waals surface area contributed by atoms with Crippen molar-refractivity contribution in [3.05, 3.63) is 0 Å². The molecule has 1 saturated heterocycles. The summed E-state index contributed by atoms with van der Waals surface area (Å²) in [4.78, 5) is 15.6. The number of carbonyl (C=O) groups excluding carboxylic acids is 1. The molecule has 3 heteroatoms. The van der Waals surface area contributed by atoms with Gasteiger partial charge in [-0.2, -0.15) is 0 Å². The van der Waals surface area contributed by atoms with Gasteiger partial charge in [-0.05, 0) is 77.0 Å². The lowest BCUT2D eigenvalue weighted by Crippen LogP contribution is -2.56. The minimum atomic E-state index is -0.126. The average Bonchev–Trinajstić information content (AvgIpc) is 2.34. The van der Waals surface area contributed by atoms with Crippen LogP contribution >= 0.6 is 0 Å². The van der Waals surface area contributed by atoms with Crippen molar-refractivity contribution in [2.24, 2.45) is 23.2 Å². The molecule has 0 spiro atoms. The summed E-state index contributed by atoms with van der Waals surface area (Å²) in [6.45, 7) is 8.86. The second kappa shape index (κ2) is 5.04. The van der Waals surface area contributed by atoms with Crippen molar-refractivity contribution < 1.29 is 9.53 Å². The second-order valence-corrected chi connectivity index (χ2v) is 9.48. The van der Waals surface area contributed by atoms with Crippen molar-refractivity contribution in [1.29, 1.82) is 0 Å². The van der Waals surface area contributed by atoms with E-state index in [-0.39, 0.29) is 17.1 Å². The maximum atomic E-state index is 13.2. The molecule has 4 saturated carbocycles. The Morgan fingerprint density at radius 1 is 1.09 bits per heavy atom. The lowest BCUT2D eigenvalue weighted by molar-refractivity contribution is -0.154. The molecule has 5 aliphatic rings. The first-order valence-corrected chi connectivity index (χ1v) is 9.27. The molecule has 1 heterocycles. The summed E-state index contributed by atoms with van der Waals surface area (Å²) in [5.41, 5.74) is -0.0696. The fourth-order valence-electron chi connectivity index (χ4n) is 6.53. The Labute approximate surface area is 134 Å². The van der Waals surface area contributed by atoms with E-state index in [1.165, 1.54) is 38.5 Å². The number of hydrogen-bond acceptors (Lipinski definition) is 3. The summed E-state index contributed by atoms with van der Waals surface area (Å²) in [6.07, 6.45) is 8.05. The molecule has 4 aliphatic carbocycles. The predicted octanol–water partition coefficient (Wildman–Crippen LogP) is 3.27. The van der Waals surface area contributed by atoms with Gasteiger partial charge < -0.3 is 4.74 Å². The second-order valence-electron chi connectivity index (χ2n) is 9.48. The molecule has 0 N–H and O–H groups in total. The van der Waals surface area contributed by atoms with Gasteiger partial charge in [-0.1, -0.05) is 0 Å². The summed E-state index contributed by atoms with van der Waals surface area (Å²) in [6, 6.07) is 0. The van der Waals surface area contributed by atoms with Crippen LogP contribution in [0.4, 0.5) is 0 Å². The van der Waals surface area contributed by atoms with Crippen molar-refractivity contribution in [3.8, 4) is 0 Å². The van der Waals surface area contributed by atoms with Crippen molar-refractivity contribution in [2.75, 3.05) is 19.6 Å². The number of carbonyl (C=O) groups is 1. The summed E-state index contributed by atoms with van der Waals surface area (Å²) >= 11 is 0. The molecule has 124 valence electrons. The number of morpholine rings is 1. The fourth-order valence-corrected chi connectivity index (χ4v) is 6.53. The van der Waals surface area contributed by atoms with Crippen LogP contribution in [0.25, 0.3) is 0 Å². The monoisotopic (exact) mass is 305 g/mol. The van der Waals surface area contributed by atoms with Gasteiger partial charge in [-0.15, -0.1) is 0 Å². The normalized spacial score (nSPS) is 46.9. The van der Waals surface area contributed by atoms with Crippen LogP contribution in [0, 0.1) is 23.2 Å². The summed E-state index contributed by atoms with van der Waals surface area (Å²) in [5, 5.41) is 0. The first-order valence-electron chi connectivity index (χ1n) is 9.27. The number of rotatable bonds is 3. The molecule has 0 aromatic carbocycles. The van der Waals surface area contributed by atoms with Gasteiger partial charge >= 0.3 is 0 Å². The third kappa shape index (κ3) is 2.65. The van der Waals surface area contributed by atoms with E-state index >= 15 is 0 Å². The number of hydrogen-bond donors (Lipinski definition) is 0. The van der Waals surface area contributed by atoms with Crippen LogP contribution in [0.15, 0.2) is 0 Å². The van der Waals surface area contributed by atoms with Crippen molar-refractivity contribution in [2.45, 2.75) is 71.0 Å². The highest BCUT2D eigenvalue weighted by molar-refractivity contribution is 5.87. The smallest absolute Gasteiger partial charge is 0.152 e. The van der Waals surface area contributed by atoms with E-state index in [0.29, 0.717) is 12.3 Å². The molecule has 5 fully saturated rings. The van der Waals surface area contributed by atoms with E-state index in [1.807, 2.05) is 0 Å². The molecule has 0 aromatic heterocycles. The predicted molar refractivity (Wildman–Crippen MR) is 86.7 cm³/mol. The number of ketones is 1. The molecule has 0 radical (unpaired) electrons. The largest absolute Gasteiger partial charge is 0.370 e. The van der Waals surface area contributed by atoms with Crippen molar-refractivity contribution in [3.63, 3.8) is 0 Å². The van der Waals surface area contributed by atoms with Crippen LogP contribution in [0.1, 0.15) is 59.3 Å². The zero-order valence-electron chi connectivity index (χ0n) is 14.4. The third-order valence-corrected chi connectivity index (χ3v) is 6.64. The number of Topliss-reactive ketones (excluding diaryl/α,β-unsaturated/α-hetero) is 1. The van der Waals surface area contributed by atoms with Crippen LogP contribution in [0.5, 0.6) is 0 Å². The summed E-state index contributed by atoms with van der Waals surface area (Å²) in [7, 11) is 0. The lowest BCUT2D eigenvalue weighted by Gasteiger charge is -2.56. The van der Waals surface area contributed by atoms with Gasteiger partial charge in [0.15, 0.2) is 5.78 Å². The van der Waals surface area contributed by atoms with E-state index < -0.39 is 0 Å². The Morgan fingerprint density at radius 2 is 1.64 bits per heavy atom. The fraction of sp³-hybridized carbons (Fsp3) is 0.947. The number of ether oxygens (including phenoxy) is 1. The molecule has 0 aromatic rings. The first kappa shape index (κ1) is 15.1. The third-order valence-electron chi connectivity index (χ3n) is 6.64. The number of nitrogens with zero attached hydrogens (tertiary/aromatic N) is 1. The Balaban J connectivity index is 1.46. The van der Waals surface area contributed by atoms with E-state index in [1.54, 1.807) is 0 Å². The summed E-state index contributed by atoms with van der Waals surface area (Å²) in [5.74, 6) is 3.12. The van der Waals surface area contributed by atoms with Gasteiger partial charge in [-0.25, -0.2) is 0 Å². The molecule has 0 amide bonds. The molecule has 0 unspecified atom stereocenters. The SMILES string of the molecule is C[C@@H]1CN(CC(=O)C23CC4CC(CC(C4)C2)C3)CC(C)(C)O1. The zero-order chi connectivity index (χ0) is 15.5. The van der Waals surface area contributed by atoms with Crippen LogP contribution in [0.3, 0.4) is 0 Å². The summed E-state index contributed by atoms with van der Waals surface area (Å²) < 4.78 is 5.98. The standard InChI is InChI=1S/C19H31NO2/c1-13-10-20(12-18(2,3)22-13)11-17(21)19-7-14-4-15(8-19)6-16(5-14)9-19/h13-16H,4-12H2,1-3H3/t13-,14?,15?,16?,19?/m1/s1. The minimum Gasteiger partial charge on any atom is -0.370 e. The van der Waals surface area contributed by atoms with Gasteiger partial charge in [0.2, 0.25) is 0 Å². The molecule has 5 rings (SSSR count).